The summed E-state index contributed by atoms with van der Waals surface area (Å²) in [6.45, 7) is -1.68. The highest BCUT2D eigenvalue weighted by molar-refractivity contribution is 5.75. The predicted octanol–water partition coefficient (Wildman–Crippen LogP) is -5.55. The van der Waals surface area contributed by atoms with Crippen molar-refractivity contribution in [2.45, 2.75) is 67.3 Å². The van der Waals surface area contributed by atoms with Gasteiger partial charge in [-0.1, -0.05) is 0 Å². The molecule has 1 unspecified atom stereocenters. The third-order valence-electron chi connectivity index (χ3n) is 4.56. The number of aliphatic hydroxyl groups excluding tert-OH is 7. The second-order valence-corrected chi connectivity index (χ2v) is 6.49. The number of ether oxygens (including phenoxy) is 3. The lowest BCUT2D eigenvalue weighted by molar-refractivity contribution is -0.360. The molecular weight excluding hydrogens is 376 g/mol. The first-order valence-electron chi connectivity index (χ1n) is 8.12. The number of carboxylic acid groups (broad SMARTS) is 1. The summed E-state index contributed by atoms with van der Waals surface area (Å²) < 4.78 is 15.3. The van der Waals surface area contributed by atoms with E-state index in [-0.39, 0.29) is 0 Å². The molecule has 2 aliphatic rings. The maximum Gasteiger partial charge on any atom is 0.364 e. The molecule has 0 bridgehead atoms. The van der Waals surface area contributed by atoms with E-state index in [1.807, 2.05) is 0 Å². The molecule has 0 spiro atoms. The highest BCUT2D eigenvalue weighted by atomic mass is 16.7. The van der Waals surface area contributed by atoms with Crippen molar-refractivity contribution in [1.29, 1.82) is 0 Å². The minimum Gasteiger partial charge on any atom is -0.477 e. The van der Waals surface area contributed by atoms with E-state index in [1.54, 1.807) is 0 Å². The van der Waals surface area contributed by atoms with Crippen LogP contribution in [0.4, 0.5) is 0 Å². The number of carboxylic acids is 1. The minimum absolute atomic E-state index is 0.740. The van der Waals surface area contributed by atoms with Crippen LogP contribution in [-0.2, 0) is 19.0 Å². The van der Waals surface area contributed by atoms with Crippen LogP contribution in [0.25, 0.3) is 0 Å². The molecule has 9 N–H and O–H groups in total. The summed E-state index contributed by atoms with van der Waals surface area (Å²) in [5.74, 6) is -4.71. The lowest BCUT2D eigenvalue weighted by atomic mass is 9.92. The standard InChI is InChI=1S/C14H24O13/c15-2-5(18)11-10(4(17)1-14(24,27-11)13(22)23)26-12-9(21)8(20)7(19)6(3-16)25-12/h4-12,15-21,24H,1-3H2,(H,22,23)/t4-,5-,6-,7-,8+,9+,10-,11-,12-,14?/m1/s1. The summed E-state index contributed by atoms with van der Waals surface area (Å²) in [5, 5.41) is 86.9. The molecule has 2 heterocycles. The zero-order valence-corrected chi connectivity index (χ0v) is 14.0. The van der Waals surface area contributed by atoms with Gasteiger partial charge in [0.15, 0.2) is 6.29 Å². The fourth-order valence-electron chi connectivity index (χ4n) is 3.00. The fourth-order valence-corrected chi connectivity index (χ4v) is 3.00. The van der Waals surface area contributed by atoms with Gasteiger partial charge in [-0.25, -0.2) is 4.79 Å². The van der Waals surface area contributed by atoms with Crippen LogP contribution in [0, 0.1) is 0 Å². The molecule has 10 atom stereocenters. The smallest absolute Gasteiger partial charge is 0.364 e. The zero-order chi connectivity index (χ0) is 20.5. The van der Waals surface area contributed by atoms with Crippen LogP contribution in [0.15, 0.2) is 0 Å². The molecule has 2 saturated heterocycles. The van der Waals surface area contributed by atoms with Gasteiger partial charge in [-0.05, 0) is 0 Å². The van der Waals surface area contributed by atoms with Crippen LogP contribution in [0.2, 0.25) is 0 Å². The second-order valence-electron chi connectivity index (χ2n) is 6.49. The quantitative estimate of drug-likeness (QED) is 0.203. The Kier molecular flexibility index (Phi) is 7.10. The molecule has 0 amide bonds. The molecular formula is C14H24O13. The largest absolute Gasteiger partial charge is 0.477 e. The lowest BCUT2D eigenvalue weighted by Crippen LogP contribution is -2.65. The Bertz CT molecular complexity index is 515. The molecule has 0 aromatic heterocycles. The number of carbonyl (C=O) groups is 1. The van der Waals surface area contributed by atoms with Crippen LogP contribution in [0.1, 0.15) is 6.42 Å². The number of rotatable bonds is 6. The van der Waals surface area contributed by atoms with Gasteiger partial charge in [-0.15, -0.1) is 0 Å². The average Bonchev–Trinajstić information content (AvgIpc) is 2.62. The van der Waals surface area contributed by atoms with Gasteiger partial charge in [0.05, 0.1) is 19.3 Å². The van der Waals surface area contributed by atoms with E-state index in [9.17, 15) is 40.5 Å². The number of aliphatic carboxylic acids is 1. The first-order chi connectivity index (χ1) is 12.6. The average molecular weight is 400 g/mol. The van der Waals surface area contributed by atoms with E-state index >= 15 is 0 Å². The number of hydrogen-bond donors (Lipinski definition) is 9. The van der Waals surface area contributed by atoms with Gasteiger partial charge >= 0.3 is 5.97 Å². The predicted molar refractivity (Wildman–Crippen MR) is 79.8 cm³/mol. The Labute approximate surface area is 152 Å². The van der Waals surface area contributed by atoms with Crippen LogP contribution in [0.3, 0.4) is 0 Å². The van der Waals surface area contributed by atoms with Gasteiger partial charge in [-0.3, -0.25) is 0 Å². The van der Waals surface area contributed by atoms with Crippen molar-refractivity contribution < 1.29 is 65.0 Å². The summed E-state index contributed by atoms with van der Waals surface area (Å²) >= 11 is 0. The van der Waals surface area contributed by atoms with E-state index in [2.05, 4.69) is 0 Å². The van der Waals surface area contributed by atoms with Crippen molar-refractivity contribution in [3.05, 3.63) is 0 Å². The summed E-state index contributed by atoms with van der Waals surface area (Å²) in [6, 6.07) is 0. The van der Waals surface area contributed by atoms with Crippen molar-refractivity contribution in [3.63, 3.8) is 0 Å². The number of aliphatic hydroxyl groups is 8. The Balaban J connectivity index is 2.23. The third kappa shape index (κ3) is 4.38. The molecule has 27 heavy (non-hydrogen) atoms. The summed E-state index contributed by atoms with van der Waals surface area (Å²) in [7, 11) is 0. The Morgan fingerprint density at radius 1 is 1.15 bits per heavy atom. The first-order valence-corrected chi connectivity index (χ1v) is 8.12. The summed E-state index contributed by atoms with van der Waals surface area (Å²) in [6.07, 6.45) is -16.1. The second kappa shape index (κ2) is 8.59. The summed E-state index contributed by atoms with van der Waals surface area (Å²) in [4.78, 5) is 11.2. The van der Waals surface area contributed by atoms with Gasteiger partial charge in [0.1, 0.15) is 42.7 Å². The van der Waals surface area contributed by atoms with E-state index < -0.39 is 86.5 Å². The van der Waals surface area contributed by atoms with E-state index in [1.165, 1.54) is 0 Å². The van der Waals surface area contributed by atoms with Crippen molar-refractivity contribution in [1.82, 2.24) is 0 Å². The molecule has 13 nitrogen and oxygen atoms in total. The van der Waals surface area contributed by atoms with Gasteiger partial charge < -0.3 is 60.2 Å². The normalized spacial score (nSPS) is 46.8. The Morgan fingerprint density at radius 3 is 2.30 bits per heavy atom. The molecule has 0 radical (unpaired) electrons. The maximum atomic E-state index is 11.2. The van der Waals surface area contributed by atoms with Gasteiger partial charge in [-0.2, -0.15) is 0 Å². The monoisotopic (exact) mass is 400 g/mol. The minimum atomic E-state index is -2.87. The highest BCUT2D eigenvalue weighted by Crippen LogP contribution is 2.33. The van der Waals surface area contributed by atoms with Crippen LogP contribution in [-0.4, -0.2) is 126 Å². The van der Waals surface area contributed by atoms with Gasteiger partial charge in [0.25, 0.3) is 5.79 Å². The Morgan fingerprint density at radius 2 is 1.78 bits per heavy atom. The van der Waals surface area contributed by atoms with E-state index in [0.29, 0.717) is 0 Å². The molecule has 2 aliphatic heterocycles. The first kappa shape index (κ1) is 22.3. The van der Waals surface area contributed by atoms with Crippen molar-refractivity contribution in [2.75, 3.05) is 13.2 Å². The topological polar surface area (TPSA) is 227 Å². The summed E-state index contributed by atoms with van der Waals surface area (Å²) in [5.41, 5.74) is 0. The zero-order valence-electron chi connectivity index (χ0n) is 14.0. The molecule has 0 aromatic carbocycles. The number of hydrogen-bond acceptors (Lipinski definition) is 12. The lowest BCUT2D eigenvalue weighted by Gasteiger charge is -2.46. The molecule has 13 heteroatoms. The molecule has 2 fully saturated rings. The third-order valence-corrected chi connectivity index (χ3v) is 4.56. The highest BCUT2D eigenvalue weighted by Gasteiger charge is 2.55. The molecule has 0 aromatic rings. The molecule has 2 rings (SSSR count). The molecule has 158 valence electrons. The fraction of sp³-hybridized carbons (Fsp3) is 0.929. The van der Waals surface area contributed by atoms with Crippen molar-refractivity contribution >= 4 is 5.97 Å². The van der Waals surface area contributed by atoms with E-state index in [0.717, 1.165) is 0 Å². The van der Waals surface area contributed by atoms with Crippen molar-refractivity contribution in [3.8, 4) is 0 Å². The molecule has 0 aliphatic carbocycles. The Hall–Kier alpha value is -0.970. The van der Waals surface area contributed by atoms with Crippen molar-refractivity contribution in [2.24, 2.45) is 0 Å². The van der Waals surface area contributed by atoms with Crippen LogP contribution in [0.5, 0.6) is 0 Å². The van der Waals surface area contributed by atoms with E-state index in [4.69, 9.17) is 24.4 Å². The van der Waals surface area contributed by atoms with Gasteiger partial charge in [0, 0.05) is 6.42 Å². The van der Waals surface area contributed by atoms with Crippen LogP contribution < -0.4 is 0 Å². The van der Waals surface area contributed by atoms with Crippen LogP contribution >= 0.6 is 0 Å². The SMILES string of the molecule is O=C(O)C1(O)C[C@@H](O)[C@@H](O[C@H]2O[C@H](CO)[C@@H](O)[C@H](O)[C@@H]2O)[C@@H]([C@H](O)CO)O1. The maximum absolute atomic E-state index is 11.2. The molecule has 0 saturated carbocycles. The van der Waals surface area contributed by atoms with Gasteiger partial charge in [0.2, 0.25) is 0 Å².